The van der Waals surface area contributed by atoms with Crippen LogP contribution in [0.5, 0.6) is 11.5 Å². The second kappa shape index (κ2) is 5.16. The van der Waals surface area contributed by atoms with Gasteiger partial charge in [-0.2, -0.15) is 0 Å². The van der Waals surface area contributed by atoms with Gasteiger partial charge >= 0.3 is 0 Å². The van der Waals surface area contributed by atoms with Crippen LogP contribution in [0.2, 0.25) is 0 Å². The smallest absolute Gasteiger partial charge is 0.168 e. The van der Waals surface area contributed by atoms with Crippen LogP contribution in [-0.2, 0) is 6.42 Å². The molecule has 0 aromatic heterocycles. The Morgan fingerprint density at radius 1 is 1.10 bits per heavy atom. The molecular formula is C16H13F2NO2. The van der Waals surface area contributed by atoms with Crippen molar-refractivity contribution in [3.8, 4) is 11.5 Å². The monoisotopic (exact) mass is 289 g/mol. The average Bonchev–Trinajstić information content (AvgIpc) is 2.82. The lowest BCUT2D eigenvalue weighted by atomic mass is 10.1. The number of hydrogen-bond acceptors (Lipinski definition) is 3. The van der Waals surface area contributed by atoms with Crippen LogP contribution in [-0.4, -0.2) is 12.8 Å². The lowest BCUT2D eigenvalue weighted by Gasteiger charge is -2.13. The first-order valence-corrected chi connectivity index (χ1v) is 6.59. The highest BCUT2D eigenvalue weighted by atomic mass is 19.1. The van der Waals surface area contributed by atoms with Crippen molar-refractivity contribution in [3.05, 3.63) is 53.1 Å². The first-order valence-electron chi connectivity index (χ1n) is 6.59. The van der Waals surface area contributed by atoms with Gasteiger partial charge in [0.15, 0.2) is 23.1 Å². The number of fused-ring (bicyclic) bond motifs is 1. The van der Waals surface area contributed by atoms with Crippen molar-refractivity contribution in [2.24, 2.45) is 0 Å². The predicted octanol–water partition coefficient (Wildman–Crippen LogP) is 3.93. The third kappa shape index (κ3) is 2.46. The van der Waals surface area contributed by atoms with Gasteiger partial charge in [-0.3, -0.25) is 4.79 Å². The molecule has 21 heavy (non-hydrogen) atoms. The molecule has 0 fully saturated rings. The number of Topliss-reactive ketones (excluding diaryl/α,β-unsaturated/α-hetero) is 1. The van der Waals surface area contributed by atoms with Gasteiger partial charge in [0.25, 0.3) is 0 Å². The Kier molecular flexibility index (Phi) is 3.33. The molecule has 1 N–H and O–H groups in total. The second-order valence-corrected chi connectivity index (χ2v) is 4.86. The zero-order valence-corrected chi connectivity index (χ0v) is 11.4. The molecule has 0 unspecified atom stereocenters. The highest BCUT2D eigenvalue weighted by molar-refractivity contribution is 6.01. The number of anilines is 1. The van der Waals surface area contributed by atoms with Crippen molar-refractivity contribution in [1.29, 1.82) is 0 Å². The minimum Gasteiger partial charge on any atom is -0.452 e. The quantitative estimate of drug-likeness (QED) is 0.930. The molecule has 0 amide bonds. The Balaban J connectivity index is 2.01. The average molecular weight is 289 g/mol. The van der Waals surface area contributed by atoms with Crippen LogP contribution in [0.3, 0.4) is 0 Å². The van der Waals surface area contributed by atoms with E-state index in [9.17, 15) is 13.6 Å². The van der Waals surface area contributed by atoms with Crippen molar-refractivity contribution in [1.82, 2.24) is 0 Å². The summed E-state index contributed by atoms with van der Waals surface area (Å²) in [5, 5.41) is 2.96. The van der Waals surface area contributed by atoms with E-state index in [0.717, 1.165) is 17.7 Å². The maximum Gasteiger partial charge on any atom is 0.168 e. The van der Waals surface area contributed by atoms with Gasteiger partial charge in [-0.05, 0) is 36.2 Å². The number of carbonyl (C=O) groups excluding carboxylic acids is 1. The van der Waals surface area contributed by atoms with Crippen LogP contribution in [0.1, 0.15) is 22.3 Å². The van der Waals surface area contributed by atoms with Gasteiger partial charge in [0.05, 0.1) is 5.69 Å². The molecule has 5 heteroatoms. The van der Waals surface area contributed by atoms with Crippen molar-refractivity contribution >= 4 is 11.5 Å². The fourth-order valence-corrected chi connectivity index (χ4v) is 2.43. The van der Waals surface area contributed by atoms with Crippen LogP contribution in [0.15, 0.2) is 30.3 Å². The fourth-order valence-electron chi connectivity index (χ4n) is 2.43. The third-order valence-electron chi connectivity index (χ3n) is 3.51. The van der Waals surface area contributed by atoms with Crippen molar-refractivity contribution in [2.75, 3.05) is 12.4 Å². The highest BCUT2D eigenvalue weighted by Gasteiger charge is 2.22. The predicted molar refractivity (Wildman–Crippen MR) is 75.1 cm³/mol. The Bertz CT molecular complexity index is 728. The molecule has 0 saturated heterocycles. The van der Waals surface area contributed by atoms with Crippen LogP contribution in [0.25, 0.3) is 0 Å². The zero-order valence-electron chi connectivity index (χ0n) is 11.4. The summed E-state index contributed by atoms with van der Waals surface area (Å²) < 4.78 is 32.1. The number of benzene rings is 2. The van der Waals surface area contributed by atoms with Crippen LogP contribution < -0.4 is 10.1 Å². The van der Waals surface area contributed by atoms with E-state index in [1.54, 1.807) is 13.1 Å². The van der Waals surface area contributed by atoms with E-state index in [1.807, 2.05) is 6.07 Å². The summed E-state index contributed by atoms with van der Waals surface area (Å²) in [5.41, 5.74) is 2.22. The summed E-state index contributed by atoms with van der Waals surface area (Å²) in [6.07, 6.45) is 1.18. The molecule has 108 valence electrons. The van der Waals surface area contributed by atoms with Crippen LogP contribution in [0, 0.1) is 11.6 Å². The molecule has 0 bridgehead atoms. The SMILES string of the molecule is CNc1cc2c(cc1Oc1ccc(F)cc1F)C(=O)CC2. The number of carbonyl (C=O) groups is 1. The molecule has 0 atom stereocenters. The van der Waals surface area contributed by atoms with E-state index in [-0.39, 0.29) is 11.5 Å². The molecule has 2 aromatic rings. The van der Waals surface area contributed by atoms with Gasteiger partial charge in [-0.1, -0.05) is 0 Å². The zero-order chi connectivity index (χ0) is 15.0. The van der Waals surface area contributed by atoms with Crippen molar-refractivity contribution in [2.45, 2.75) is 12.8 Å². The Morgan fingerprint density at radius 3 is 2.62 bits per heavy atom. The highest BCUT2D eigenvalue weighted by Crippen LogP contribution is 2.36. The van der Waals surface area contributed by atoms with E-state index >= 15 is 0 Å². The third-order valence-corrected chi connectivity index (χ3v) is 3.51. The molecular weight excluding hydrogens is 276 g/mol. The number of hydrogen-bond donors (Lipinski definition) is 1. The lowest BCUT2D eigenvalue weighted by Crippen LogP contribution is -1.99. The first kappa shape index (κ1) is 13.5. The molecule has 0 spiro atoms. The number of rotatable bonds is 3. The Labute approximate surface area is 120 Å². The maximum atomic E-state index is 13.7. The van der Waals surface area contributed by atoms with Crippen molar-refractivity contribution < 1.29 is 18.3 Å². The van der Waals surface area contributed by atoms with Crippen molar-refractivity contribution in [3.63, 3.8) is 0 Å². The molecule has 1 aliphatic rings. The van der Waals surface area contributed by atoms with Gasteiger partial charge in [0, 0.05) is 25.1 Å². The van der Waals surface area contributed by atoms with Crippen LogP contribution in [0.4, 0.5) is 14.5 Å². The van der Waals surface area contributed by atoms with Gasteiger partial charge in [-0.15, -0.1) is 0 Å². The number of nitrogens with one attached hydrogen (secondary N) is 1. The largest absolute Gasteiger partial charge is 0.452 e. The molecule has 0 aliphatic heterocycles. The standard InChI is InChI=1S/C16H13F2NO2/c1-19-13-6-9-2-4-14(20)11(9)8-16(13)21-15-5-3-10(17)7-12(15)18/h3,5-8,19H,2,4H2,1H3. The second-order valence-electron chi connectivity index (χ2n) is 4.86. The fraction of sp³-hybridized carbons (Fsp3) is 0.188. The molecule has 0 radical (unpaired) electrons. The topological polar surface area (TPSA) is 38.3 Å². The molecule has 1 aliphatic carbocycles. The molecule has 0 saturated carbocycles. The summed E-state index contributed by atoms with van der Waals surface area (Å²) >= 11 is 0. The Hall–Kier alpha value is -2.43. The summed E-state index contributed by atoms with van der Waals surface area (Å²) in [4.78, 5) is 11.8. The normalized spacial score (nSPS) is 13.2. The van der Waals surface area contributed by atoms with Gasteiger partial charge in [-0.25, -0.2) is 8.78 Å². The Morgan fingerprint density at radius 2 is 1.90 bits per heavy atom. The van der Waals surface area contributed by atoms with Crippen LogP contribution >= 0.6 is 0 Å². The maximum absolute atomic E-state index is 13.7. The summed E-state index contributed by atoms with van der Waals surface area (Å²) in [7, 11) is 1.71. The van der Waals surface area contributed by atoms with E-state index in [0.29, 0.717) is 29.8 Å². The van der Waals surface area contributed by atoms with E-state index < -0.39 is 11.6 Å². The molecule has 3 nitrogen and oxygen atoms in total. The minimum absolute atomic E-state index is 0.0529. The number of ether oxygens (including phenoxy) is 1. The molecule has 2 aromatic carbocycles. The lowest BCUT2D eigenvalue weighted by molar-refractivity contribution is 0.0994. The first-order chi connectivity index (χ1) is 10.1. The van der Waals surface area contributed by atoms with Gasteiger partial charge < -0.3 is 10.1 Å². The van der Waals surface area contributed by atoms with Gasteiger partial charge in [0.2, 0.25) is 0 Å². The summed E-state index contributed by atoms with van der Waals surface area (Å²) in [6.45, 7) is 0. The number of aryl methyl sites for hydroxylation is 1. The minimum atomic E-state index is -0.788. The number of halogens is 2. The van der Waals surface area contributed by atoms with E-state index in [1.165, 1.54) is 6.07 Å². The summed E-state index contributed by atoms with van der Waals surface area (Å²) in [5.74, 6) is -1.14. The molecule has 3 rings (SSSR count). The van der Waals surface area contributed by atoms with E-state index in [2.05, 4.69) is 5.32 Å². The number of ketones is 1. The summed E-state index contributed by atoms with van der Waals surface area (Å²) in [6, 6.07) is 6.54. The van der Waals surface area contributed by atoms with Gasteiger partial charge in [0.1, 0.15) is 5.82 Å². The molecule has 0 heterocycles. The van der Waals surface area contributed by atoms with E-state index in [4.69, 9.17) is 4.74 Å².